The summed E-state index contributed by atoms with van der Waals surface area (Å²) in [6, 6.07) is 6.83. The van der Waals surface area contributed by atoms with Crippen LogP contribution in [0.5, 0.6) is 0 Å². The number of methoxy groups -OCH3 is 1. The number of benzene rings is 1. The third-order valence-electron chi connectivity index (χ3n) is 2.22. The van der Waals surface area contributed by atoms with Crippen molar-refractivity contribution in [3.8, 4) is 0 Å². The van der Waals surface area contributed by atoms with Gasteiger partial charge in [0.1, 0.15) is 0 Å². The van der Waals surface area contributed by atoms with Crippen molar-refractivity contribution in [1.29, 1.82) is 0 Å². The van der Waals surface area contributed by atoms with E-state index < -0.39 is 23.8 Å². The van der Waals surface area contributed by atoms with E-state index in [1.807, 2.05) is 0 Å². The molecule has 0 bridgehead atoms. The Bertz CT molecular complexity index is 475. The molecule has 1 aromatic rings. The molecule has 0 aliphatic heterocycles. The van der Waals surface area contributed by atoms with Crippen molar-refractivity contribution in [3.05, 3.63) is 35.9 Å². The van der Waals surface area contributed by atoms with Gasteiger partial charge in [0, 0.05) is 5.56 Å². The molecule has 2 N–H and O–H groups in total. The van der Waals surface area contributed by atoms with Crippen LogP contribution < -0.4 is 5.32 Å². The minimum absolute atomic E-state index is 0.144. The van der Waals surface area contributed by atoms with E-state index in [2.05, 4.69) is 4.74 Å². The highest BCUT2D eigenvalue weighted by atomic mass is 19.4. The van der Waals surface area contributed by atoms with Gasteiger partial charge in [-0.15, -0.1) is 0 Å². The van der Waals surface area contributed by atoms with Crippen LogP contribution in [0.4, 0.5) is 13.2 Å². The summed E-state index contributed by atoms with van der Waals surface area (Å²) in [7, 11) is 0.660. The molecule has 1 unspecified atom stereocenters. The van der Waals surface area contributed by atoms with Gasteiger partial charge in [-0.2, -0.15) is 13.2 Å². The van der Waals surface area contributed by atoms with Crippen LogP contribution in [0.2, 0.25) is 0 Å². The van der Waals surface area contributed by atoms with Gasteiger partial charge in [-0.05, 0) is 12.1 Å². The first-order valence-corrected chi connectivity index (χ1v) is 4.97. The summed E-state index contributed by atoms with van der Waals surface area (Å²) < 4.78 is 41.8. The van der Waals surface area contributed by atoms with Crippen LogP contribution in [-0.2, 0) is 9.53 Å². The van der Waals surface area contributed by atoms with E-state index in [1.54, 1.807) is 6.07 Å². The van der Waals surface area contributed by atoms with E-state index in [0.717, 1.165) is 0 Å². The average Bonchev–Trinajstić information content (AvgIpc) is 2.37. The number of aliphatic hydroxyl groups is 1. The van der Waals surface area contributed by atoms with Gasteiger partial charge in [0.2, 0.25) is 0 Å². The molecular weight excluding hydrogens is 267 g/mol. The number of nitrogens with one attached hydrogen (secondary N) is 1. The normalized spacial score (nSPS) is 14.4. The fourth-order valence-electron chi connectivity index (χ4n) is 1.21. The summed E-state index contributed by atoms with van der Waals surface area (Å²) in [6.07, 6.45) is -5.41. The van der Waals surface area contributed by atoms with Gasteiger partial charge in [0.05, 0.1) is 7.11 Å². The molecule has 104 valence electrons. The minimum Gasteiger partial charge on any atom is -0.465 e. The maximum Gasteiger partial charge on any atom is 0.448 e. The van der Waals surface area contributed by atoms with Crippen LogP contribution in [0, 0.1) is 0 Å². The maximum absolute atomic E-state index is 12.7. The molecule has 0 heterocycles. The van der Waals surface area contributed by atoms with E-state index in [-0.39, 0.29) is 5.56 Å². The van der Waals surface area contributed by atoms with Crippen molar-refractivity contribution in [2.75, 3.05) is 7.11 Å². The lowest BCUT2D eigenvalue weighted by atomic mass is 10.1. The largest absolute Gasteiger partial charge is 0.465 e. The molecule has 0 saturated heterocycles. The molecule has 0 aromatic heterocycles. The fourth-order valence-corrected chi connectivity index (χ4v) is 1.21. The lowest BCUT2D eigenvalue weighted by Crippen LogP contribution is -2.64. The molecule has 19 heavy (non-hydrogen) atoms. The third kappa shape index (κ3) is 3.02. The molecule has 8 heteroatoms. The fraction of sp³-hybridized carbons (Fsp3) is 0.273. The van der Waals surface area contributed by atoms with Crippen molar-refractivity contribution < 1.29 is 32.6 Å². The van der Waals surface area contributed by atoms with Crippen molar-refractivity contribution >= 4 is 11.9 Å². The predicted octanol–water partition coefficient (Wildman–Crippen LogP) is 0.840. The van der Waals surface area contributed by atoms with Crippen molar-refractivity contribution in [1.82, 2.24) is 5.32 Å². The number of halogens is 3. The van der Waals surface area contributed by atoms with Gasteiger partial charge in [-0.3, -0.25) is 4.79 Å². The lowest BCUT2D eigenvalue weighted by Gasteiger charge is -2.28. The minimum atomic E-state index is -5.41. The number of ether oxygens (including phenoxy) is 1. The number of amides is 1. The van der Waals surface area contributed by atoms with E-state index in [0.29, 0.717) is 7.11 Å². The van der Waals surface area contributed by atoms with Gasteiger partial charge in [0.25, 0.3) is 5.91 Å². The van der Waals surface area contributed by atoms with E-state index in [1.165, 1.54) is 29.6 Å². The zero-order chi connectivity index (χ0) is 14.7. The molecule has 0 aliphatic carbocycles. The molecular formula is C11H10F3NO4. The molecule has 5 nitrogen and oxygen atoms in total. The first-order valence-electron chi connectivity index (χ1n) is 4.97. The van der Waals surface area contributed by atoms with Crippen molar-refractivity contribution in [2.24, 2.45) is 0 Å². The van der Waals surface area contributed by atoms with Crippen LogP contribution in [0.25, 0.3) is 0 Å². The topological polar surface area (TPSA) is 75.6 Å². The third-order valence-corrected chi connectivity index (χ3v) is 2.22. The first-order chi connectivity index (χ1) is 8.72. The molecule has 0 radical (unpaired) electrons. The van der Waals surface area contributed by atoms with Gasteiger partial charge >= 0.3 is 17.9 Å². The monoisotopic (exact) mass is 277 g/mol. The second-order valence-corrected chi connectivity index (χ2v) is 3.52. The van der Waals surface area contributed by atoms with Crippen LogP contribution in [-0.4, -0.2) is 36.0 Å². The van der Waals surface area contributed by atoms with Gasteiger partial charge in [-0.25, -0.2) is 4.79 Å². The number of alkyl halides is 3. The highest BCUT2D eigenvalue weighted by Crippen LogP contribution is 2.29. The van der Waals surface area contributed by atoms with Gasteiger partial charge < -0.3 is 15.2 Å². The number of esters is 1. The molecule has 0 spiro atoms. The number of carbonyl (C=O) groups is 2. The Morgan fingerprint density at radius 1 is 1.21 bits per heavy atom. The highest BCUT2D eigenvalue weighted by Gasteiger charge is 2.62. The molecule has 1 rings (SSSR count). The standard InChI is InChI=1S/C11H10F3NO4/c1-19-9(17)10(18,11(12,13)14)15-8(16)7-5-3-2-4-6-7/h2-6,18H,1H3,(H,15,16). The Morgan fingerprint density at radius 3 is 2.16 bits per heavy atom. The van der Waals surface area contributed by atoms with Crippen LogP contribution in [0.3, 0.4) is 0 Å². The summed E-state index contributed by atoms with van der Waals surface area (Å²) in [5.41, 5.74) is -4.23. The smallest absolute Gasteiger partial charge is 0.448 e. The molecule has 0 aliphatic rings. The van der Waals surface area contributed by atoms with E-state index >= 15 is 0 Å². The Morgan fingerprint density at radius 2 is 1.74 bits per heavy atom. The lowest BCUT2D eigenvalue weighted by molar-refractivity contribution is -0.268. The molecule has 1 aromatic carbocycles. The maximum atomic E-state index is 12.7. The Hall–Kier alpha value is -2.09. The number of rotatable bonds is 3. The first kappa shape index (κ1) is 15.0. The van der Waals surface area contributed by atoms with Crippen molar-refractivity contribution in [3.63, 3.8) is 0 Å². The summed E-state index contributed by atoms with van der Waals surface area (Å²) in [6.45, 7) is 0. The van der Waals surface area contributed by atoms with Crippen LogP contribution in [0.15, 0.2) is 30.3 Å². The van der Waals surface area contributed by atoms with Gasteiger partial charge in [0.15, 0.2) is 0 Å². The summed E-state index contributed by atoms with van der Waals surface area (Å²) in [5.74, 6) is -3.28. The number of carbonyl (C=O) groups excluding carboxylic acids is 2. The highest BCUT2D eigenvalue weighted by molar-refractivity contribution is 5.97. The molecule has 0 fully saturated rings. The van der Waals surface area contributed by atoms with Crippen LogP contribution in [0.1, 0.15) is 10.4 Å². The van der Waals surface area contributed by atoms with Crippen LogP contribution >= 0.6 is 0 Å². The van der Waals surface area contributed by atoms with E-state index in [4.69, 9.17) is 0 Å². The Balaban J connectivity index is 3.04. The Labute approximate surface area is 106 Å². The predicted molar refractivity (Wildman–Crippen MR) is 56.9 cm³/mol. The molecule has 0 saturated carbocycles. The Kier molecular flexibility index (Phi) is 4.15. The number of hydrogen-bond donors (Lipinski definition) is 2. The molecule has 1 atom stereocenters. The summed E-state index contributed by atoms with van der Waals surface area (Å²) in [5, 5.41) is 10.5. The zero-order valence-electron chi connectivity index (χ0n) is 9.69. The summed E-state index contributed by atoms with van der Waals surface area (Å²) >= 11 is 0. The van der Waals surface area contributed by atoms with Gasteiger partial charge in [-0.1, -0.05) is 18.2 Å². The second-order valence-electron chi connectivity index (χ2n) is 3.52. The van der Waals surface area contributed by atoms with E-state index in [9.17, 15) is 27.9 Å². The van der Waals surface area contributed by atoms with Crippen molar-refractivity contribution in [2.45, 2.75) is 11.9 Å². The summed E-state index contributed by atoms with van der Waals surface area (Å²) in [4.78, 5) is 22.6. The number of hydrogen-bond acceptors (Lipinski definition) is 4. The quantitative estimate of drug-likeness (QED) is 0.634. The SMILES string of the molecule is COC(=O)C(O)(NC(=O)c1ccccc1)C(F)(F)F. The second kappa shape index (κ2) is 5.27. The zero-order valence-corrected chi connectivity index (χ0v) is 9.69. The average molecular weight is 277 g/mol. The molecule has 1 amide bonds.